The summed E-state index contributed by atoms with van der Waals surface area (Å²) in [6, 6.07) is 15.6. The third-order valence-corrected chi connectivity index (χ3v) is 3.62. The molecule has 1 aliphatic heterocycles. The number of carbonyl (C=O) groups excluding carboxylic acids is 1. The fourth-order valence-electron chi connectivity index (χ4n) is 2.48. The Morgan fingerprint density at radius 3 is 2.70 bits per heavy atom. The van der Waals surface area contributed by atoms with Crippen molar-refractivity contribution in [1.82, 2.24) is 4.90 Å². The maximum Gasteiger partial charge on any atom is 0.254 e. The van der Waals surface area contributed by atoms with E-state index in [4.69, 9.17) is 4.74 Å². The Hall–Kier alpha value is -2.29. The van der Waals surface area contributed by atoms with Gasteiger partial charge in [0.1, 0.15) is 12.4 Å². The van der Waals surface area contributed by atoms with Gasteiger partial charge in [-0.2, -0.15) is 0 Å². The normalized spacial score (nSPS) is 14.2. The molecule has 3 heteroatoms. The summed E-state index contributed by atoms with van der Waals surface area (Å²) in [5.74, 6) is 0.955. The number of rotatable bonds is 1. The van der Waals surface area contributed by atoms with Crippen LogP contribution in [0.25, 0.3) is 0 Å². The van der Waals surface area contributed by atoms with Gasteiger partial charge >= 0.3 is 0 Å². The van der Waals surface area contributed by atoms with Crippen molar-refractivity contribution in [3.8, 4) is 5.75 Å². The van der Waals surface area contributed by atoms with E-state index < -0.39 is 0 Å². The lowest BCUT2D eigenvalue weighted by atomic mass is 10.1. The smallest absolute Gasteiger partial charge is 0.254 e. The van der Waals surface area contributed by atoms with Crippen LogP contribution in [0.5, 0.6) is 5.75 Å². The van der Waals surface area contributed by atoms with Crippen molar-refractivity contribution < 1.29 is 9.53 Å². The number of amides is 1. The summed E-state index contributed by atoms with van der Waals surface area (Å²) in [6.45, 7) is 3.72. The van der Waals surface area contributed by atoms with Crippen LogP contribution in [0.4, 0.5) is 0 Å². The van der Waals surface area contributed by atoms with E-state index in [2.05, 4.69) is 0 Å². The second kappa shape index (κ2) is 5.37. The minimum atomic E-state index is 0.0726. The highest BCUT2D eigenvalue weighted by Crippen LogP contribution is 2.23. The predicted molar refractivity (Wildman–Crippen MR) is 77.9 cm³/mol. The Morgan fingerprint density at radius 1 is 1.10 bits per heavy atom. The molecule has 20 heavy (non-hydrogen) atoms. The third kappa shape index (κ3) is 2.39. The summed E-state index contributed by atoms with van der Waals surface area (Å²) < 4.78 is 5.70. The molecule has 2 aromatic rings. The summed E-state index contributed by atoms with van der Waals surface area (Å²) >= 11 is 0. The number of hydrogen-bond acceptors (Lipinski definition) is 2. The van der Waals surface area contributed by atoms with Crippen molar-refractivity contribution in [3.05, 3.63) is 65.2 Å². The summed E-state index contributed by atoms with van der Waals surface area (Å²) in [6.07, 6.45) is 0. The number of aryl methyl sites for hydroxylation is 1. The van der Waals surface area contributed by atoms with Gasteiger partial charge in [0.25, 0.3) is 5.91 Å². The highest BCUT2D eigenvalue weighted by atomic mass is 16.5. The summed E-state index contributed by atoms with van der Waals surface area (Å²) in [4.78, 5) is 14.5. The molecule has 0 atom stereocenters. The lowest BCUT2D eigenvalue weighted by Crippen LogP contribution is -2.32. The lowest BCUT2D eigenvalue weighted by molar-refractivity contribution is 0.0732. The molecule has 2 aromatic carbocycles. The zero-order chi connectivity index (χ0) is 13.9. The molecule has 0 fully saturated rings. The van der Waals surface area contributed by atoms with Gasteiger partial charge in [-0.05, 0) is 24.6 Å². The lowest BCUT2D eigenvalue weighted by Gasteiger charge is -2.20. The van der Waals surface area contributed by atoms with Gasteiger partial charge in [-0.1, -0.05) is 36.4 Å². The van der Waals surface area contributed by atoms with E-state index in [1.54, 1.807) is 0 Å². The van der Waals surface area contributed by atoms with Crippen LogP contribution in [0.2, 0.25) is 0 Å². The zero-order valence-electron chi connectivity index (χ0n) is 11.5. The van der Waals surface area contributed by atoms with E-state index >= 15 is 0 Å². The van der Waals surface area contributed by atoms with E-state index in [9.17, 15) is 4.79 Å². The second-order valence-electron chi connectivity index (χ2n) is 5.00. The average molecular weight is 267 g/mol. The number of carbonyl (C=O) groups is 1. The first-order valence-electron chi connectivity index (χ1n) is 6.81. The Balaban J connectivity index is 1.88. The first-order chi connectivity index (χ1) is 9.75. The molecule has 1 amide bonds. The van der Waals surface area contributed by atoms with Crippen molar-refractivity contribution in [2.45, 2.75) is 13.5 Å². The largest absolute Gasteiger partial charge is 0.491 e. The van der Waals surface area contributed by atoms with Gasteiger partial charge in [0, 0.05) is 17.7 Å². The van der Waals surface area contributed by atoms with Crippen molar-refractivity contribution in [2.75, 3.05) is 13.2 Å². The summed E-state index contributed by atoms with van der Waals surface area (Å²) in [5, 5.41) is 0. The number of hydrogen-bond donors (Lipinski definition) is 0. The van der Waals surface area contributed by atoms with E-state index in [0.29, 0.717) is 19.7 Å². The quantitative estimate of drug-likeness (QED) is 0.795. The van der Waals surface area contributed by atoms with Crippen LogP contribution in [0.15, 0.2) is 48.5 Å². The minimum absolute atomic E-state index is 0.0726. The molecule has 0 radical (unpaired) electrons. The Bertz CT molecular complexity index is 636. The highest BCUT2D eigenvalue weighted by molar-refractivity contribution is 5.95. The molecule has 0 spiro atoms. The van der Waals surface area contributed by atoms with Crippen molar-refractivity contribution in [1.29, 1.82) is 0 Å². The molecule has 0 unspecified atom stereocenters. The molecular weight excluding hydrogens is 250 g/mol. The van der Waals surface area contributed by atoms with Gasteiger partial charge in [-0.25, -0.2) is 0 Å². The van der Waals surface area contributed by atoms with Gasteiger partial charge in [0.05, 0.1) is 6.54 Å². The fourth-order valence-corrected chi connectivity index (χ4v) is 2.48. The van der Waals surface area contributed by atoms with Crippen molar-refractivity contribution in [2.24, 2.45) is 0 Å². The predicted octanol–water partition coefficient (Wildman–Crippen LogP) is 3.03. The van der Waals surface area contributed by atoms with Crippen molar-refractivity contribution in [3.63, 3.8) is 0 Å². The highest BCUT2D eigenvalue weighted by Gasteiger charge is 2.21. The zero-order valence-corrected chi connectivity index (χ0v) is 11.5. The number of fused-ring (bicyclic) bond motifs is 1. The minimum Gasteiger partial charge on any atom is -0.491 e. The third-order valence-electron chi connectivity index (χ3n) is 3.62. The van der Waals surface area contributed by atoms with E-state index in [0.717, 1.165) is 22.4 Å². The van der Waals surface area contributed by atoms with Crippen molar-refractivity contribution >= 4 is 5.91 Å². The molecule has 0 aromatic heterocycles. The number of para-hydroxylation sites is 1. The topological polar surface area (TPSA) is 29.5 Å². The van der Waals surface area contributed by atoms with Gasteiger partial charge < -0.3 is 9.64 Å². The first-order valence-corrected chi connectivity index (χ1v) is 6.81. The van der Waals surface area contributed by atoms with Crippen LogP contribution in [-0.4, -0.2) is 24.0 Å². The standard InChI is InChI=1S/C17H17NO2/c1-13-6-2-4-8-15(13)17(19)18-10-11-20-16-9-5-3-7-14(16)12-18/h2-9H,10-12H2,1H3. The fraction of sp³-hybridized carbons (Fsp3) is 0.235. The maximum absolute atomic E-state index is 12.7. The molecule has 0 bridgehead atoms. The number of ether oxygens (including phenoxy) is 1. The number of benzene rings is 2. The van der Waals surface area contributed by atoms with Gasteiger partial charge in [-0.15, -0.1) is 0 Å². The molecule has 0 saturated carbocycles. The average Bonchev–Trinajstić information content (AvgIpc) is 2.69. The van der Waals surface area contributed by atoms with Crippen LogP contribution in [0.3, 0.4) is 0 Å². The molecule has 0 aliphatic carbocycles. The molecule has 3 rings (SSSR count). The van der Waals surface area contributed by atoms with Crippen LogP contribution >= 0.6 is 0 Å². The van der Waals surface area contributed by atoms with E-state index in [-0.39, 0.29) is 5.91 Å². The second-order valence-corrected chi connectivity index (χ2v) is 5.00. The summed E-state index contributed by atoms with van der Waals surface area (Å²) in [5.41, 5.74) is 2.84. The summed E-state index contributed by atoms with van der Waals surface area (Å²) in [7, 11) is 0. The van der Waals surface area contributed by atoms with Crippen LogP contribution in [-0.2, 0) is 6.54 Å². The SMILES string of the molecule is Cc1ccccc1C(=O)N1CCOc2ccccc2C1. The molecule has 1 aliphatic rings. The van der Waals surface area contributed by atoms with E-state index in [1.807, 2.05) is 60.4 Å². The monoisotopic (exact) mass is 267 g/mol. The van der Waals surface area contributed by atoms with Gasteiger partial charge in [0.2, 0.25) is 0 Å². The molecule has 0 N–H and O–H groups in total. The molecule has 0 saturated heterocycles. The van der Waals surface area contributed by atoms with Crippen LogP contribution in [0.1, 0.15) is 21.5 Å². The maximum atomic E-state index is 12.7. The number of nitrogens with zero attached hydrogens (tertiary/aromatic N) is 1. The molecular formula is C17H17NO2. The molecule has 102 valence electrons. The first kappa shape index (κ1) is 12.7. The van der Waals surface area contributed by atoms with Crippen LogP contribution < -0.4 is 4.74 Å². The van der Waals surface area contributed by atoms with Gasteiger partial charge in [0.15, 0.2) is 0 Å². The Kier molecular flexibility index (Phi) is 3.42. The Morgan fingerprint density at radius 2 is 1.85 bits per heavy atom. The van der Waals surface area contributed by atoms with Gasteiger partial charge in [-0.3, -0.25) is 4.79 Å². The van der Waals surface area contributed by atoms with E-state index in [1.165, 1.54) is 0 Å². The van der Waals surface area contributed by atoms with Crippen LogP contribution in [0, 0.1) is 6.92 Å². The Labute approximate surface area is 118 Å². The molecule has 1 heterocycles. The molecule has 3 nitrogen and oxygen atoms in total.